The third kappa shape index (κ3) is 4.18. The van der Waals surface area contributed by atoms with E-state index in [0.29, 0.717) is 6.42 Å². The Morgan fingerprint density at radius 1 is 1.12 bits per heavy atom. The fourth-order valence-electron chi connectivity index (χ4n) is 4.82. The molecule has 33 heavy (non-hydrogen) atoms. The second-order valence-electron chi connectivity index (χ2n) is 8.72. The number of thiophene rings is 1. The first-order chi connectivity index (χ1) is 16.0. The summed E-state index contributed by atoms with van der Waals surface area (Å²) in [7, 11) is 0. The quantitative estimate of drug-likeness (QED) is 0.506. The second kappa shape index (κ2) is 8.87. The summed E-state index contributed by atoms with van der Waals surface area (Å²) in [5.41, 5.74) is 6.63. The van der Waals surface area contributed by atoms with Gasteiger partial charge in [0.05, 0.1) is 24.0 Å². The van der Waals surface area contributed by atoms with Crippen LogP contribution in [0.3, 0.4) is 0 Å². The number of Topliss-reactive ketones (excluding diaryl/α,β-unsaturated/α-hetero) is 1. The average Bonchev–Trinajstić information content (AvgIpc) is 3.27. The van der Waals surface area contributed by atoms with Gasteiger partial charge in [0.25, 0.3) is 0 Å². The average molecular weight is 458 g/mol. The Kier molecular flexibility index (Phi) is 5.77. The molecule has 0 radical (unpaired) electrons. The van der Waals surface area contributed by atoms with E-state index in [2.05, 4.69) is 27.7 Å². The molecule has 2 aromatic carbocycles. The summed E-state index contributed by atoms with van der Waals surface area (Å²) in [5.74, 6) is 0.0559. The van der Waals surface area contributed by atoms with E-state index < -0.39 is 0 Å². The highest BCUT2D eigenvalue weighted by Crippen LogP contribution is 2.45. The number of fused-ring (bicyclic) bond motifs is 1. The number of aryl methyl sites for hydroxylation is 2. The van der Waals surface area contributed by atoms with Gasteiger partial charge < -0.3 is 15.5 Å². The molecular formula is C27H27N3O2S. The highest BCUT2D eigenvalue weighted by molar-refractivity contribution is 7.10. The van der Waals surface area contributed by atoms with Gasteiger partial charge in [-0.1, -0.05) is 35.9 Å². The summed E-state index contributed by atoms with van der Waals surface area (Å²) in [6.45, 7) is 4.18. The topological polar surface area (TPSA) is 61.4 Å². The van der Waals surface area contributed by atoms with Gasteiger partial charge in [0, 0.05) is 28.3 Å². The van der Waals surface area contributed by atoms with Crippen molar-refractivity contribution in [3.8, 4) is 0 Å². The minimum absolute atomic E-state index is 0.106. The number of anilines is 3. The van der Waals surface area contributed by atoms with E-state index in [1.807, 2.05) is 61.7 Å². The first-order valence-electron chi connectivity index (χ1n) is 11.3. The number of hydrogen-bond donors (Lipinski definition) is 2. The summed E-state index contributed by atoms with van der Waals surface area (Å²) < 4.78 is 0. The van der Waals surface area contributed by atoms with Crippen LogP contribution in [0.25, 0.3) is 0 Å². The number of nitrogens with one attached hydrogen (secondary N) is 2. The zero-order valence-corrected chi connectivity index (χ0v) is 19.7. The van der Waals surface area contributed by atoms with Gasteiger partial charge in [-0.3, -0.25) is 9.59 Å². The third-order valence-electron chi connectivity index (χ3n) is 6.32. The predicted octanol–water partition coefficient (Wildman–Crippen LogP) is 5.98. The molecule has 0 unspecified atom stereocenters. The summed E-state index contributed by atoms with van der Waals surface area (Å²) >= 11 is 1.62. The summed E-state index contributed by atoms with van der Waals surface area (Å²) in [6, 6.07) is 17.8. The number of carbonyl (C=O) groups excluding carboxylic acids is 2. The van der Waals surface area contributed by atoms with E-state index in [9.17, 15) is 9.59 Å². The van der Waals surface area contributed by atoms with E-state index >= 15 is 0 Å². The third-order valence-corrected chi connectivity index (χ3v) is 7.25. The minimum Gasteiger partial charge on any atom is -0.357 e. The molecule has 2 N–H and O–H groups in total. The van der Waals surface area contributed by atoms with Gasteiger partial charge >= 0.3 is 0 Å². The zero-order chi connectivity index (χ0) is 22.9. The summed E-state index contributed by atoms with van der Waals surface area (Å²) in [6.07, 6.45) is 2.22. The number of carbonyl (C=O) groups is 2. The molecule has 1 aliphatic carbocycles. The van der Waals surface area contributed by atoms with Crippen molar-refractivity contribution in [3.05, 3.63) is 87.3 Å². The molecule has 0 saturated heterocycles. The molecule has 6 heteroatoms. The van der Waals surface area contributed by atoms with Crippen molar-refractivity contribution in [2.75, 3.05) is 22.1 Å². The number of allylic oxidation sites excluding steroid dienone is 1. The number of benzene rings is 2. The lowest BCUT2D eigenvalue weighted by Crippen LogP contribution is -2.38. The molecular weight excluding hydrogens is 430 g/mol. The first-order valence-corrected chi connectivity index (χ1v) is 12.2. The Morgan fingerprint density at radius 2 is 1.97 bits per heavy atom. The molecule has 1 amide bonds. The SMILES string of the molecule is Cc1ccc(NC(=O)CN2c3ccccc3NC3=C(C(=O)CCC3)[C@@H]2c2cccs2)c(C)c1. The Hall–Kier alpha value is -3.38. The maximum absolute atomic E-state index is 13.3. The Bertz CT molecular complexity index is 1250. The van der Waals surface area contributed by atoms with Crippen molar-refractivity contribution in [2.24, 2.45) is 0 Å². The van der Waals surface area contributed by atoms with Crippen LogP contribution in [-0.2, 0) is 9.59 Å². The number of nitrogens with zero attached hydrogens (tertiary/aromatic N) is 1. The summed E-state index contributed by atoms with van der Waals surface area (Å²) in [4.78, 5) is 29.7. The van der Waals surface area contributed by atoms with Crippen LogP contribution >= 0.6 is 11.3 Å². The van der Waals surface area contributed by atoms with Crippen molar-refractivity contribution in [1.82, 2.24) is 0 Å². The van der Waals surface area contributed by atoms with Crippen LogP contribution in [0.15, 0.2) is 71.2 Å². The molecule has 0 fully saturated rings. The number of para-hydroxylation sites is 2. The van der Waals surface area contributed by atoms with Gasteiger partial charge in [0.2, 0.25) is 5.91 Å². The lowest BCUT2D eigenvalue weighted by Gasteiger charge is -2.34. The predicted molar refractivity (Wildman–Crippen MR) is 135 cm³/mol. The fraction of sp³-hybridized carbons (Fsp3) is 0.259. The standard InChI is InChI=1S/C27H27N3O2S/c1-17-12-13-19(18(2)15-17)29-25(32)16-30-22-9-4-3-7-20(22)28-21-8-5-10-23(31)26(21)27(30)24-11-6-14-33-24/h3-4,6-7,9,11-15,27-28H,5,8,10,16H2,1-2H3,(H,29,32)/t27-/m0/s1. The molecule has 0 spiro atoms. The van der Waals surface area contributed by atoms with Crippen molar-refractivity contribution < 1.29 is 9.59 Å². The largest absolute Gasteiger partial charge is 0.357 e. The van der Waals surface area contributed by atoms with Crippen LogP contribution in [0.4, 0.5) is 17.1 Å². The number of amides is 1. The maximum atomic E-state index is 13.3. The minimum atomic E-state index is -0.297. The molecule has 3 aromatic rings. The van der Waals surface area contributed by atoms with Gasteiger partial charge in [0.15, 0.2) is 5.78 Å². The summed E-state index contributed by atoms with van der Waals surface area (Å²) in [5, 5.41) is 8.66. The van der Waals surface area contributed by atoms with Gasteiger partial charge in [-0.2, -0.15) is 0 Å². The van der Waals surface area contributed by atoms with Gasteiger partial charge in [0.1, 0.15) is 0 Å². The van der Waals surface area contributed by atoms with Crippen LogP contribution in [-0.4, -0.2) is 18.2 Å². The highest BCUT2D eigenvalue weighted by Gasteiger charge is 2.37. The Balaban J connectivity index is 1.57. The van der Waals surface area contributed by atoms with Crippen molar-refractivity contribution in [2.45, 2.75) is 39.2 Å². The fourth-order valence-corrected chi connectivity index (χ4v) is 5.66. The van der Waals surface area contributed by atoms with E-state index in [0.717, 1.165) is 57.2 Å². The van der Waals surface area contributed by atoms with Crippen molar-refractivity contribution in [1.29, 1.82) is 0 Å². The normalized spacial score (nSPS) is 17.7. The lowest BCUT2D eigenvalue weighted by molar-refractivity contribution is -0.117. The van der Waals surface area contributed by atoms with Gasteiger partial charge in [-0.15, -0.1) is 11.3 Å². The number of ketones is 1. The number of hydrogen-bond acceptors (Lipinski definition) is 5. The lowest BCUT2D eigenvalue weighted by atomic mass is 9.88. The zero-order valence-electron chi connectivity index (χ0n) is 18.9. The van der Waals surface area contributed by atoms with E-state index in [1.54, 1.807) is 11.3 Å². The molecule has 1 aliphatic heterocycles. The molecule has 0 saturated carbocycles. The maximum Gasteiger partial charge on any atom is 0.243 e. The van der Waals surface area contributed by atoms with Crippen LogP contribution in [0.1, 0.15) is 41.3 Å². The molecule has 1 aromatic heterocycles. The molecule has 2 aliphatic rings. The molecule has 5 nitrogen and oxygen atoms in total. The van der Waals surface area contributed by atoms with Crippen LogP contribution in [0.5, 0.6) is 0 Å². The van der Waals surface area contributed by atoms with E-state index in [4.69, 9.17) is 0 Å². The van der Waals surface area contributed by atoms with Crippen LogP contribution < -0.4 is 15.5 Å². The molecule has 2 heterocycles. The highest BCUT2D eigenvalue weighted by atomic mass is 32.1. The monoisotopic (exact) mass is 457 g/mol. The first kappa shape index (κ1) is 21.5. The second-order valence-corrected chi connectivity index (χ2v) is 9.70. The van der Waals surface area contributed by atoms with Crippen LogP contribution in [0.2, 0.25) is 0 Å². The Morgan fingerprint density at radius 3 is 2.76 bits per heavy atom. The molecule has 1 atom stereocenters. The Labute approximate surface area is 198 Å². The smallest absolute Gasteiger partial charge is 0.243 e. The molecule has 0 bridgehead atoms. The van der Waals surface area contributed by atoms with E-state index in [1.165, 1.54) is 0 Å². The van der Waals surface area contributed by atoms with Crippen molar-refractivity contribution >= 4 is 40.1 Å². The van der Waals surface area contributed by atoms with E-state index in [-0.39, 0.29) is 24.3 Å². The van der Waals surface area contributed by atoms with Crippen molar-refractivity contribution in [3.63, 3.8) is 0 Å². The van der Waals surface area contributed by atoms with Gasteiger partial charge in [-0.25, -0.2) is 0 Å². The van der Waals surface area contributed by atoms with Gasteiger partial charge in [-0.05, 0) is 61.9 Å². The van der Waals surface area contributed by atoms with Crippen LogP contribution in [0, 0.1) is 13.8 Å². The molecule has 168 valence electrons. The number of rotatable bonds is 4. The molecule has 5 rings (SSSR count).